The van der Waals surface area contributed by atoms with Crippen molar-refractivity contribution in [3.8, 4) is 0 Å². The molecule has 6 heteroatoms. The summed E-state index contributed by atoms with van der Waals surface area (Å²) < 4.78 is 0. The smallest absolute Gasteiger partial charge is 0.270 e. The molecule has 1 fully saturated rings. The van der Waals surface area contributed by atoms with Crippen LogP contribution in [-0.4, -0.2) is 28.8 Å². The second-order valence-corrected chi connectivity index (χ2v) is 6.65. The Hall–Kier alpha value is -2.73. The zero-order chi connectivity index (χ0) is 18.4. The Morgan fingerprint density at radius 2 is 1.77 bits per heavy atom. The van der Waals surface area contributed by atoms with Crippen LogP contribution < -0.4 is 5.32 Å². The van der Waals surface area contributed by atoms with Crippen LogP contribution in [0.3, 0.4) is 0 Å². The number of amides is 1. The molecular weight excluding hydrogens is 330 g/mol. The van der Waals surface area contributed by atoms with Gasteiger partial charge in [0.1, 0.15) is 0 Å². The van der Waals surface area contributed by atoms with Gasteiger partial charge in [-0.2, -0.15) is 0 Å². The van der Waals surface area contributed by atoms with Gasteiger partial charge in [0, 0.05) is 30.8 Å². The molecule has 1 aliphatic heterocycles. The number of nitro benzene ring substituents is 1. The molecule has 6 nitrogen and oxygen atoms in total. The van der Waals surface area contributed by atoms with Crippen molar-refractivity contribution in [2.75, 3.05) is 13.1 Å². The summed E-state index contributed by atoms with van der Waals surface area (Å²) in [5, 5.41) is 13.7. The zero-order valence-electron chi connectivity index (χ0n) is 14.7. The molecule has 0 saturated carbocycles. The van der Waals surface area contributed by atoms with Gasteiger partial charge in [-0.15, -0.1) is 0 Å². The van der Waals surface area contributed by atoms with Crippen molar-refractivity contribution >= 4 is 11.6 Å². The first-order valence-electron chi connectivity index (χ1n) is 8.94. The first-order chi connectivity index (χ1) is 12.6. The first kappa shape index (κ1) is 18.1. The molecule has 0 atom stereocenters. The highest BCUT2D eigenvalue weighted by Gasteiger charge is 2.12. The lowest BCUT2D eigenvalue weighted by molar-refractivity contribution is -0.384. The maximum atomic E-state index is 12.3. The number of likely N-dealkylation sites (tertiary alicyclic amines) is 1. The zero-order valence-corrected chi connectivity index (χ0v) is 14.7. The quantitative estimate of drug-likeness (QED) is 0.637. The molecular formula is C20H23N3O3. The second-order valence-electron chi connectivity index (χ2n) is 6.65. The van der Waals surface area contributed by atoms with Gasteiger partial charge in [0.2, 0.25) is 0 Å². The third kappa shape index (κ3) is 4.89. The van der Waals surface area contributed by atoms with Crippen LogP contribution in [0.4, 0.5) is 5.69 Å². The Balaban J connectivity index is 1.58. The normalized spacial score (nSPS) is 14.8. The van der Waals surface area contributed by atoms with Crippen molar-refractivity contribution in [3.05, 3.63) is 75.3 Å². The standard InChI is InChI=1S/C20H23N3O3/c24-20(18-8-5-9-19(13-18)23(25)26)21-14-16-6-4-7-17(12-16)15-22-10-2-1-3-11-22/h4-9,12-13H,1-3,10-11,14-15H2,(H,21,24). The summed E-state index contributed by atoms with van der Waals surface area (Å²) in [7, 11) is 0. The Kier molecular flexibility index (Phi) is 5.96. The summed E-state index contributed by atoms with van der Waals surface area (Å²) in [6, 6.07) is 14.0. The first-order valence-corrected chi connectivity index (χ1v) is 8.94. The number of nitrogens with zero attached hydrogens (tertiary/aromatic N) is 2. The van der Waals surface area contributed by atoms with E-state index in [2.05, 4.69) is 22.3 Å². The average molecular weight is 353 g/mol. The third-order valence-corrected chi connectivity index (χ3v) is 4.62. The van der Waals surface area contributed by atoms with Crippen LogP contribution in [0.1, 0.15) is 40.7 Å². The van der Waals surface area contributed by atoms with Crippen molar-refractivity contribution in [2.45, 2.75) is 32.4 Å². The number of non-ortho nitro benzene ring substituents is 1. The maximum Gasteiger partial charge on any atom is 0.270 e. The van der Waals surface area contributed by atoms with E-state index < -0.39 is 4.92 Å². The monoisotopic (exact) mass is 353 g/mol. The van der Waals surface area contributed by atoms with Gasteiger partial charge >= 0.3 is 0 Å². The molecule has 0 aliphatic carbocycles. The Morgan fingerprint density at radius 1 is 1.04 bits per heavy atom. The number of carbonyl (C=O) groups excluding carboxylic acids is 1. The number of hydrogen-bond donors (Lipinski definition) is 1. The summed E-state index contributed by atoms with van der Waals surface area (Å²) in [5.41, 5.74) is 2.48. The third-order valence-electron chi connectivity index (χ3n) is 4.62. The molecule has 1 N–H and O–H groups in total. The molecule has 1 saturated heterocycles. The lowest BCUT2D eigenvalue weighted by Crippen LogP contribution is -2.29. The van der Waals surface area contributed by atoms with Gasteiger partial charge < -0.3 is 5.32 Å². The Morgan fingerprint density at radius 3 is 2.54 bits per heavy atom. The van der Waals surface area contributed by atoms with E-state index in [1.807, 2.05) is 12.1 Å². The van der Waals surface area contributed by atoms with E-state index in [-0.39, 0.29) is 11.6 Å². The predicted octanol–water partition coefficient (Wildman–Crippen LogP) is 3.51. The molecule has 1 heterocycles. The lowest BCUT2D eigenvalue weighted by Gasteiger charge is -2.26. The maximum absolute atomic E-state index is 12.3. The average Bonchev–Trinajstić information content (AvgIpc) is 2.67. The number of nitrogens with one attached hydrogen (secondary N) is 1. The van der Waals surface area contributed by atoms with Gasteiger partial charge in [-0.3, -0.25) is 19.8 Å². The largest absolute Gasteiger partial charge is 0.348 e. The molecule has 3 rings (SSSR count). The van der Waals surface area contributed by atoms with Crippen LogP contribution in [0.5, 0.6) is 0 Å². The van der Waals surface area contributed by atoms with Gasteiger partial charge in [0.15, 0.2) is 0 Å². The molecule has 0 spiro atoms. The lowest BCUT2D eigenvalue weighted by atomic mass is 10.1. The number of carbonyl (C=O) groups is 1. The minimum absolute atomic E-state index is 0.0822. The predicted molar refractivity (Wildman–Crippen MR) is 99.8 cm³/mol. The van der Waals surface area contributed by atoms with Crippen LogP contribution in [0.25, 0.3) is 0 Å². The summed E-state index contributed by atoms with van der Waals surface area (Å²) in [6.45, 7) is 3.63. The number of rotatable bonds is 6. The van der Waals surface area contributed by atoms with Crippen LogP contribution in [0.2, 0.25) is 0 Å². The van der Waals surface area contributed by atoms with Crippen molar-refractivity contribution in [1.82, 2.24) is 10.2 Å². The Labute approximate surface area is 153 Å². The molecule has 0 bridgehead atoms. The van der Waals surface area contributed by atoms with E-state index in [0.29, 0.717) is 12.1 Å². The Bertz CT molecular complexity index is 785. The summed E-state index contributed by atoms with van der Waals surface area (Å²) in [5.74, 6) is -0.310. The molecule has 2 aromatic carbocycles. The fraction of sp³-hybridized carbons (Fsp3) is 0.350. The summed E-state index contributed by atoms with van der Waals surface area (Å²) in [6.07, 6.45) is 3.85. The van der Waals surface area contributed by atoms with Gasteiger partial charge in [-0.1, -0.05) is 36.8 Å². The molecule has 26 heavy (non-hydrogen) atoms. The van der Waals surface area contributed by atoms with E-state index in [9.17, 15) is 14.9 Å². The highest BCUT2D eigenvalue weighted by molar-refractivity contribution is 5.94. The van der Waals surface area contributed by atoms with Crippen LogP contribution >= 0.6 is 0 Å². The van der Waals surface area contributed by atoms with Crippen molar-refractivity contribution in [1.29, 1.82) is 0 Å². The van der Waals surface area contributed by atoms with E-state index in [1.165, 1.54) is 43.0 Å². The van der Waals surface area contributed by atoms with E-state index in [0.717, 1.165) is 25.2 Å². The van der Waals surface area contributed by atoms with Crippen LogP contribution in [0, 0.1) is 10.1 Å². The highest BCUT2D eigenvalue weighted by Crippen LogP contribution is 2.15. The SMILES string of the molecule is O=C(NCc1cccc(CN2CCCCC2)c1)c1cccc([N+](=O)[O-])c1. The molecule has 0 unspecified atom stereocenters. The van der Waals surface area contributed by atoms with Crippen molar-refractivity contribution < 1.29 is 9.72 Å². The van der Waals surface area contributed by atoms with Crippen molar-refractivity contribution in [2.24, 2.45) is 0 Å². The fourth-order valence-corrected chi connectivity index (χ4v) is 3.26. The molecule has 1 aliphatic rings. The van der Waals surface area contributed by atoms with Gasteiger partial charge in [0.05, 0.1) is 4.92 Å². The topological polar surface area (TPSA) is 75.5 Å². The number of hydrogen-bond acceptors (Lipinski definition) is 4. The molecule has 1 amide bonds. The molecule has 0 radical (unpaired) electrons. The van der Waals surface area contributed by atoms with E-state index >= 15 is 0 Å². The van der Waals surface area contributed by atoms with E-state index in [1.54, 1.807) is 6.07 Å². The molecule has 2 aromatic rings. The molecule has 136 valence electrons. The fourth-order valence-electron chi connectivity index (χ4n) is 3.26. The summed E-state index contributed by atoms with van der Waals surface area (Å²) in [4.78, 5) is 25.0. The van der Waals surface area contributed by atoms with Crippen LogP contribution in [0.15, 0.2) is 48.5 Å². The summed E-state index contributed by atoms with van der Waals surface area (Å²) >= 11 is 0. The second kappa shape index (κ2) is 8.58. The highest BCUT2D eigenvalue weighted by atomic mass is 16.6. The molecule has 0 aromatic heterocycles. The van der Waals surface area contributed by atoms with Gasteiger partial charge in [-0.05, 0) is 43.1 Å². The number of benzene rings is 2. The number of nitro groups is 1. The minimum atomic E-state index is -0.499. The van der Waals surface area contributed by atoms with Gasteiger partial charge in [-0.25, -0.2) is 0 Å². The van der Waals surface area contributed by atoms with Crippen molar-refractivity contribution in [3.63, 3.8) is 0 Å². The minimum Gasteiger partial charge on any atom is -0.348 e. The van der Waals surface area contributed by atoms with Crippen LogP contribution in [-0.2, 0) is 13.1 Å². The van der Waals surface area contributed by atoms with Gasteiger partial charge in [0.25, 0.3) is 11.6 Å². The van der Waals surface area contributed by atoms with E-state index in [4.69, 9.17) is 0 Å². The number of piperidine rings is 1.